The van der Waals surface area contributed by atoms with Crippen molar-refractivity contribution in [2.24, 2.45) is 5.92 Å². The van der Waals surface area contributed by atoms with Crippen molar-refractivity contribution in [3.8, 4) is 11.3 Å². The fourth-order valence-corrected chi connectivity index (χ4v) is 4.33. The first-order chi connectivity index (χ1) is 14.2. The number of furan rings is 1. The van der Waals surface area contributed by atoms with Gasteiger partial charge in [-0.1, -0.05) is 12.1 Å². The number of piperidine rings is 1. The van der Waals surface area contributed by atoms with Gasteiger partial charge in [0.05, 0.1) is 0 Å². The molecule has 29 heavy (non-hydrogen) atoms. The van der Waals surface area contributed by atoms with Crippen LogP contribution >= 0.6 is 0 Å². The highest BCUT2D eigenvalue weighted by Crippen LogP contribution is 2.33. The third kappa shape index (κ3) is 3.86. The molecule has 5 heteroatoms. The molecule has 3 heterocycles. The largest absolute Gasteiger partial charge is 0.461 e. The molecule has 1 saturated heterocycles. The van der Waals surface area contributed by atoms with Crippen molar-refractivity contribution in [2.45, 2.75) is 45.1 Å². The van der Waals surface area contributed by atoms with E-state index >= 15 is 0 Å². The number of rotatable bonds is 5. The molecule has 0 unspecified atom stereocenters. The van der Waals surface area contributed by atoms with E-state index < -0.39 is 0 Å². The Morgan fingerprint density at radius 1 is 1.14 bits per heavy atom. The zero-order chi connectivity index (χ0) is 19.8. The molecule has 2 aromatic heterocycles. The third-order valence-electron chi connectivity index (χ3n) is 6.18. The molecular formula is C24H27N3O2. The SMILES string of the molecule is Cc1ccc(-c2cccc(C(=O)N3CCC(c4nccn4CC4CC4)CC3)c2)o1. The number of imidazole rings is 1. The fraction of sp³-hybridized carbons (Fsp3) is 0.417. The number of nitrogens with zero attached hydrogens (tertiary/aromatic N) is 3. The summed E-state index contributed by atoms with van der Waals surface area (Å²) in [6.07, 6.45) is 8.70. The van der Waals surface area contributed by atoms with Crippen LogP contribution in [0.3, 0.4) is 0 Å². The van der Waals surface area contributed by atoms with Crippen LogP contribution in [0.1, 0.15) is 53.5 Å². The quantitative estimate of drug-likeness (QED) is 0.625. The molecule has 0 bridgehead atoms. The fourth-order valence-electron chi connectivity index (χ4n) is 4.33. The molecule has 2 aliphatic rings. The molecule has 0 N–H and O–H groups in total. The lowest BCUT2D eigenvalue weighted by Crippen LogP contribution is -2.38. The summed E-state index contributed by atoms with van der Waals surface area (Å²) in [7, 11) is 0. The van der Waals surface area contributed by atoms with E-state index in [0.29, 0.717) is 5.92 Å². The van der Waals surface area contributed by atoms with E-state index in [9.17, 15) is 4.79 Å². The lowest BCUT2D eigenvalue weighted by Gasteiger charge is -2.32. The Morgan fingerprint density at radius 3 is 2.69 bits per heavy atom. The summed E-state index contributed by atoms with van der Waals surface area (Å²) in [6.45, 7) is 4.60. The number of aryl methyl sites for hydroxylation is 1. The van der Waals surface area contributed by atoms with E-state index in [1.807, 2.05) is 54.4 Å². The molecule has 150 valence electrons. The van der Waals surface area contributed by atoms with Gasteiger partial charge in [-0.25, -0.2) is 4.98 Å². The van der Waals surface area contributed by atoms with Crippen LogP contribution in [0.25, 0.3) is 11.3 Å². The molecule has 5 rings (SSSR count). The topological polar surface area (TPSA) is 51.3 Å². The first kappa shape index (κ1) is 18.2. The second-order valence-corrected chi connectivity index (χ2v) is 8.44. The van der Waals surface area contributed by atoms with Crippen molar-refractivity contribution in [1.82, 2.24) is 14.5 Å². The van der Waals surface area contributed by atoms with Crippen LogP contribution in [0.5, 0.6) is 0 Å². The molecule has 1 amide bonds. The highest BCUT2D eigenvalue weighted by Gasteiger charge is 2.29. The molecule has 2 fully saturated rings. The van der Waals surface area contributed by atoms with E-state index in [0.717, 1.165) is 61.0 Å². The molecule has 1 saturated carbocycles. The van der Waals surface area contributed by atoms with Gasteiger partial charge in [0.15, 0.2) is 0 Å². The maximum Gasteiger partial charge on any atom is 0.253 e. The second kappa shape index (κ2) is 7.54. The molecule has 1 aliphatic carbocycles. The Hall–Kier alpha value is -2.82. The van der Waals surface area contributed by atoms with E-state index in [-0.39, 0.29) is 5.91 Å². The number of hydrogen-bond donors (Lipinski definition) is 0. The number of carbonyl (C=O) groups is 1. The monoisotopic (exact) mass is 389 g/mol. The Balaban J connectivity index is 1.25. The first-order valence-electron chi connectivity index (χ1n) is 10.6. The maximum absolute atomic E-state index is 13.1. The van der Waals surface area contributed by atoms with E-state index in [2.05, 4.69) is 15.7 Å². The molecule has 0 spiro atoms. The Kier molecular flexibility index (Phi) is 4.74. The van der Waals surface area contributed by atoms with Gasteiger partial charge in [0.2, 0.25) is 0 Å². The molecule has 0 atom stereocenters. The smallest absolute Gasteiger partial charge is 0.253 e. The average molecular weight is 389 g/mol. The van der Waals surface area contributed by atoms with Crippen LogP contribution in [0, 0.1) is 12.8 Å². The van der Waals surface area contributed by atoms with Crippen LogP contribution in [0.15, 0.2) is 53.2 Å². The predicted molar refractivity (Wildman–Crippen MR) is 112 cm³/mol. The summed E-state index contributed by atoms with van der Waals surface area (Å²) in [5, 5.41) is 0. The van der Waals surface area contributed by atoms with Crippen molar-refractivity contribution < 1.29 is 9.21 Å². The summed E-state index contributed by atoms with van der Waals surface area (Å²) in [5.41, 5.74) is 1.67. The number of aromatic nitrogens is 2. The second-order valence-electron chi connectivity index (χ2n) is 8.44. The number of benzene rings is 1. The highest BCUT2D eigenvalue weighted by molar-refractivity contribution is 5.95. The number of amides is 1. The van der Waals surface area contributed by atoms with Gasteiger partial charge in [0.25, 0.3) is 5.91 Å². The maximum atomic E-state index is 13.1. The third-order valence-corrected chi connectivity index (χ3v) is 6.18. The minimum absolute atomic E-state index is 0.106. The Morgan fingerprint density at radius 2 is 1.97 bits per heavy atom. The van der Waals surface area contributed by atoms with Gasteiger partial charge >= 0.3 is 0 Å². The van der Waals surface area contributed by atoms with Gasteiger partial charge in [-0.05, 0) is 62.8 Å². The van der Waals surface area contributed by atoms with Crippen molar-refractivity contribution in [2.75, 3.05) is 13.1 Å². The molecule has 5 nitrogen and oxygen atoms in total. The Bertz CT molecular complexity index is 1010. The summed E-state index contributed by atoms with van der Waals surface area (Å²) >= 11 is 0. The standard InChI is InChI=1S/C24H27N3O2/c1-17-5-8-22(29-17)20-3-2-4-21(15-20)24(28)26-12-9-19(10-13-26)23-25-11-14-27(23)16-18-6-7-18/h2-5,8,11,14-15,18-19H,6-7,9-10,12-13,16H2,1H3. The van der Waals surface area contributed by atoms with E-state index in [1.165, 1.54) is 18.7 Å². The lowest BCUT2D eigenvalue weighted by molar-refractivity contribution is 0.0710. The van der Waals surface area contributed by atoms with Gasteiger partial charge in [-0.15, -0.1) is 0 Å². The minimum atomic E-state index is 0.106. The van der Waals surface area contributed by atoms with Crippen LogP contribution in [-0.4, -0.2) is 33.4 Å². The number of carbonyl (C=O) groups excluding carboxylic acids is 1. The van der Waals surface area contributed by atoms with E-state index in [1.54, 1.807) is 0 Å². The van der Waals surface area contributed by atoms with Gasteiger partial charge in [-0.3, -0.25) is 4.79 Å². The molecule has 1 aliphatic heterocycles. The molecular weight excluding hydrogens is 362 g/mol. The van der Waals surface area contributed by atoms with Crippen LogP contribution < -0.4 is 0 Å². The normalized spacial score (nSPS) is 17.6. The van der Waals surface area contributed by atoms with Crippen molar-refractivity contribution in [3.05, 3.63) is 65.9 Å². The van der Waals surface area contributed by atoms with Crippen LogP contribution in [0.4, 0.5) is 0 Å². The van der Waals surface area contributed by atoms with E-state index in [4.69, 9.17) is 4.42 Å². The number of hydrogen-bond acceptors (Lipinski definition) is 3. The minimum Gasteiger partial charge on any atom is -0.461 e. The Labute approximate surface area is 171 Å². The van der Waals surface area contributed by atoms with Gasteiger partial charge in [0, 0.05) is 49.1 Å². The molecule has 0 radical (unpaired) electrons. The zero-order valence-electron chi connectivity index (χ0n) is 16.9. The molecule has 1 aromatic carbocycles. The average Bonchev–Trinajstić information content (AvgIpc) is 3.26. The van der Waals surface area contributed by atoms with Crippen molar-refractivity contribution in [3.63, 3.8) is 0 Å². The van der Waals surface area contributed by atoms with Crippen molar-refractivity contribution >= 4 is 5.91 Å². The first-order valence-corrected chi connectivity index (χ1v) is 10.6. The zero-order valence-corrected chi connectivity index (χ0v) is 16.9. The summed E-state index contributed by atoms with van der Waals surface area (Å²) in [6, 6.07) is 11.7. The van der Waals surface area contributed by atoms with Gasteiger partial charge < -0.3 is 13.9 Å². The lowest BCUT2D eigenvalue weighted by atomic mass is 9.95. The molecule has 3 aromatic rings. The summed E-state index contributed by atoms with van der Waals surface area (Å²) in [4.78, 5) is 19.7. The van der Waals surface area contributed by atoms with Crippen LogP contribution in [-0.2, 0) is 6.54 Å². The predicted octanol–water partition coefficient (Wildman–Crippen LogP) is 4.88. The van der Waals surface area contributed by atoms with Crippen LogP contribution in [0.2, 0.25) is 0 Å². The van der Waals surface area contributed by atoms with Crippen molar-refractivity contribution in [1.29, 1.82) is 0 Å². The summed E-state index contributed by atoms with van der Waals surface area (Å²) in [5.74, 6) is 4.28. The highest BCUT2D eigenvalue weighted by atomic mass is 16.3. The van der Waals surface area contributed by atoms with Gasteiger partial charge in [0.1, 0.15) is 17.3 Å². The number of likely N-dealkylation sites (tertiary alicyclic amines) is 1. The van der Waals surface area contributed by atoms with Gasteiger partial charge in [-0.2, -0.15) is 0 Å². The summed E-state index contributed by atoms with van der Waals surface area (Å²) < 4.78 is 8.06.